The summed E-state index contributed by atoms with van der Waals surface area (Å²) in [6.45, 7) is 2.84. The molecule has 4 nitrogen and oxygen atoms in total. The molecule has 1 saturated heterocycles. The molecule has 152 valence electrons. The highest BCUT2D eigenvalue weighted by atomic mass is 35.5. The predicted molar refractivity (Wildman–Crippen MR) is 117 cm³/mol. The molecule has 0 bridgehead atoms. The molecule has 0 saturated carbocycles. The molecule has 5 heteroatoms. The number of hydrogen-bond acceptors (Lipinski definition) is 4. The normalized spacial score (nSPS) is 20.2. The van der Waals surface area contributed by atoms with Crippen molar-refractivity contribution in [1.82, 2.24) is 0 Å². The zero-order chi connectivity index (χ0) is 21.3. The first-order valence-corrected chi connectivity index (χ1v) is 10.2. The molecule has 1 heterocycles. The van der Waals surface area contributed by atoms with Gasteiger partial charge in [0.2, 0.25) is 5.60 Å². The van der Waals surface area contributed by atoms with Crippen molar-refractivity contribution in [2.75, 3.05) is 4.90 Å². The summed E-state index contributed by atoms with van der Waals surface area (Å²) < 4.78 is 6.42. The smallest absolute Gasteiger partial charge is 0.210 e. The fourth-order valence-electron chi connectivity index (χ4n) is 4.20. The Labute approximate surface area is 181 Å². The van der Waals surface area contributed by atoms with Crippen molar-refractivity contribution >= 4 is 28.9 Å². The van der Waals surface area contributed by atoms with Crippen molar-refractivity contribution in [3.63, 3.8) is 0 Å². The molecule has 30 heavy (non-hydrogen) atoms. The number of hydrogen-bond donors (Lipinski definition) is 0. The molecule has 0 aliphatic carbocycles. The van der Waals surface area contributed by atoms with Gasteiger partial charge in [-0.05, 0) is 43.7 Å². The molecule has 0 N–H and O–H groups in total. The van der Waals surface area contributed by atoms with Crippen LogP contribution in [0.4, 0.5) is 5.69 Å². The van der Waals surface area contributed by atoms with Crippen LogP contribution in [0.3, 0.4) is 0 Å². The van der Waals surface area contributed by atoms with Gasteiger partial charge in [0.05, 0.1) is 0 Å². The molecule has 0 radical (unpaired) electrons. The number of carbonyl (C=O) groups is 2. The minimum atomic E-state index is -1.63. The van der Waals surface area contributed by atoms with E-state index in [1.165, 1.54) is 13.8 Å². The average Bonchev–Trinajstić information content (AvgIpc) is 3.13. The number of rotatable bonds is 5. The van der Waals surface area contributed by atoms with E-state index >= 15 is 0 Å². The molecule has 0 aromatic heterocycles. The Morgan fingerprint density at radius 1 is 0.800 bits per heavy atom. The molecule has 1 fully saturated rings. The van der Waals surface area contributed by atoms with E-state index in [1.807, 2.05) is 77.7 Å². The van der Waals surface area contributed by atoms with Crippen LogP contribution < -0.4 is 4.90 Å². The third-order valence-electron chi connectivity index (χ3n) is 5.58. The summed E-state index contributed by atoms with van der Waals surface area (Å²) in [5.74, 6) is -0.649. The maximum absolute atomic E-state index is 13.0. The summed E-state index contributed by atoms with van der Waals surface area (Å²) in [5, 5.41) is 0.583. The number of halogens is 1. The van der Waals surface area contributed by atoms with Crippen LogP contribution in [0.5, 0.6) is 0 Å². The Morgan fingerprint density at radius 3 is 1.87 bits per heavy atom. The summed E-state index contributed by atoms with van der Waals surface area (Å²) in [5.41, 5.74) is 0.872. The average molecular weight is 420 g/mol. The van der Waals surface area contributed by atoms with Crippen LogP contribution in [0.25, 0.3) is 0 Å². The molecule has 0 unspecified atom stereocenters. The minimum absolute atomic E-state index is 0.325. The van der Waals surface area contributed by atoms with E-state index in [-0.39, 0.29) is 11.6 Å². The molecular weight excluding hydrogens is 398 g/mol. The van der Waals surface area contributed by atoms with Crippen LogP contribution in [-0.2, 0) is 14.3 Å². The van der Waals surface area contributed by atoms with Crippen LogP contribution in [0.1, 0.15) is 37.2 Å². The lowest BCUT2D eigenvalue weighted by atomic mass is 9.82. The highest BCUT2D eigenvalue weighted by Gasteiger charge is 2.60. The van der Waals surface area contributed by atoms with Crippen molar-refractivity contribution in [2.45, 2.75) is 31.7 Å². The number of anilines is 1. The maximum atomic E-state index is 13.0. The molecule has 3 aromatic carbocycles. The Bertz CT molecular complexity index is 1040. The number of ketones is 2. The zero-order valence-corrected chi connectivity index (χ0v) is 17.5. The molecule has 3 aromatic rings. The van der Waals surface area contributed by atoms with Gasteiger partial charge in [-0.15, -0.1) is 0 Å². The molecule has 2 atom stereocenters. The second-order valence-corrected chi connectivity index (χ2v) is 7.86. The molecule has 0 amide bonds. The molecule has 1 aliphatic rings. The van der Waals surface area contributed by atoms with Crippen LogP contribution in [0, 0.1) is 0 Å². The fourth-order valence-corrected chi connectivity index (χ4v) is 4.32. The summed E-state index contributed by atoms with van der Waals surface area (Å²) in [4.78, 5) is 28.0. The monoisotopic (exact) mass is 419 g/mol. The van der Waals surface area contributed by atoms with Gasteiger partial charge in [0.15, 0.2) is 17.8 Å². The van der Waals surface area contributed by atoms with Crippen molar-refractivity contribution in [3.05, 3.63) is 101 Å². The lowest BCUT2D eigenvalue weighted by Gasteiger charge is -2.34. The summed E-state index contributed by atoms with van der Waals surface area (Å²) in [6, 6.07) is 25.9. The van der Waals surface area contributed by atoms with Gasteiger partial charge in [-0.25, -0.2) is 0 Å². The molecule has 1 aliphatic heterocycles. The number of nitrogens with zero attached hydrogens (tertiary/aromatic N) is 1. The quantitative estimate of drug-likeness (QED) is 0.510. The van der Waals surface area contributed by atoms with Gasteiger partial charge in [-0.2, -0.15) is 0 Å². The third kappa shape index (κ3) is 3.32. The third-order valence-corrected chi connectivity index (χ3v) is 5.84. The maximum Gasteiger partial charge on any atom is 0.210 e. The Kier molecular flexibility index (Phi) is 5.46. The SMILES string of the molecule is CC(=O)C1(C(C)=O)O[C@H](c2ccccc2)N(c2ccccc2)[C@H]1c1ccc(Cl)cc1. The van der Waals surface area contributed by atoms with E-state index in [4.69, 9.17) is 16.3 Å². The van der Waals surface area contributed by atoms with Crippen molar-refractivity contribution < 1.29 is 14.3 Å². The van der Waals surface area contributed by atoms with E-state index in [9.17, 15) is 9.59 Å². The Balaban J connectivity index is 1.99. The molecule has 4 rings (SSSR count). The second kappa shape index (κ2) is 8.05. The van der Waals surface area contributed by atoms with Gasteiger partial charge in [-0.3, -0.25) is 9.59 Å². The number of benzene rings is 3. The number of carbonyl (C=O) groups excluding carboxylic acids is 2. The largest absolute Gasteiger partial charge is 0.331 e. The van der Waals surface area contributed by atoms with Crippen LogP contribution in [0.15, 0.2) is 84.9 Å². The van der Waals surface area contributed by atoms with Gasteiger partial charge < -0.3 is 9.64 Å². The topological polar surface area (TPSA) is 46.6 Å². The minimum Gasteiger partial charge on any atom is -0.331 e. The fraction of sp³-hybridized carbons (Fsp3) is 0.200. The lowest BCUT2D eigenvalue weighted by Crippen LogP contribution is -2.50. The highest BCUT2D eigenvalue weighted by molar-refractivity contribution is 6.30. The standard InChI is InChI=1S/C25H22ClNO3/c1-17(28)25(18(2)29)23(19-13-15-21(26)16-14-19)27(22-11-7-4-8-12-22)24(30-25)20-9-5-3-6-10-20/h3-16,23-24H,1-2H3/t23-,24+/m0/s1. The summed E-state index contributed by atoms with van der Waals surface area (Å²) >= 11 is 6.11. The van der Waals surface area contributed by atoms with E-state index < -0.39 is 17.9 Å². The van der Waals surface area contributed by atoms with Gasteiger partial charge in [0, 0.05) is 16.3 Å². The highest BCUT2D eigenvalue weighted by Crippen LogP contribution is 2.52. The lowest BCUT2D eigenvalue weighted by molar-refractivity contribution is -0.155. The number of Topliss-reactive ketones (excluding diaryl/α,β-unsaturated/α-hetero) is 2. The van der Waals surface area contributed by atoms with Crippen molar-refractivity contribution in [2.24, 2.45) is 0 Å². The van der Waals surface area contributed by atoms with Crippen LogP contribution in [0.2, 0.25) is 5.02 Å². The van der Waals surface area contributed by atoms with E-state index in [2.05, 4.69) is 0 Å². The van der Waals surface area contributed by atoms with Gasteiger partial charge in [-0.1, -0.05) is 72.3 Å². The van der Waals surface area contributed by atoms with E-state index in [0.29, 0.717) is 5.02 Å². The first kappa shape index (κ1) is 20.3. The van der Waals surface area contributed by atoms with Crippen molar-refractivity contribution in [3.8, 4) is 0 Å². The molecule has 0 spiro atoms. The van der Waals surface area contributed by atoms with Gasteiger partial charge in [0.1, 0.15) is 6.04 Å². The zero-order valence-electron chi connectivity index (χ0n) is 16.8. The van der Waals surface area contributed by atoms with Crippen LogP contribution >= 0.6 is 11.6 Å². The van der Waals surface area contributed by atoms with E-state index in [0.717, 1.165) is 16.8 Å². The first-order chi connectivity index (χ1) is 14.4. The number of para-hydroxylation sites is 1. The summed E-state index contributed by atoms with van der Waals surface area (Å²) in [6.07, 6.45) is -0.609. The van der Waals surface area contributed by atoms with Gasteiger partial charge >= 0.3 is 0 Å². The van der Waals surface area contributed by atoms with Crippen LogP contribution in [-0.4, -0.2) is 17.2 Å². The second-order valence-electron chi connectivity index (χ2n) is 7.43. The molecular formula is C25H22ClNO3. The first-order valence-electron chi connectivity index (χ1n) is 9.79. The Hall–Kier alpha value is -2.95. The number of ether oxygens (including phenoxy) is 1. The van der Waals surface area contributed by atoms with E-state index in [1.54, 1.807) is 12.1 Å². The predicted octanol–water partition coefficient (Wildman–Crippen LogP) is 5.53. The van der Waals surface area contributed by atoms with Gasteiger partial charge in [0.25, 0.3) is 0 Å². The summed E-state index contributed by atoms with van der Waals surface area (Å²) in [7, 11) is 0. The van der Waals surface area contributed by atoms with Crippen molar-refractivity contribution in [1.29, 1.82) is 0 Å². The Morgan fingerprint density at radius 2 is 1.33 bits per heavy atom.